The summed E-state index contributed by atoms with van der Waals surface area (Å²) in [6.45, 7) is 1.75. The maximum Gasteiger partial charge on any atom is 0.265 e. The minimum atomic E-state index is -3.99. The van der Waals surface area contributed by atoms with Gasteiger partial charge in [0.25, 0.3) is 10.0 Å². The summed E-state index contributed by atoms with van der Waals surface area (Å²) in [5.74, 6) is -0.158. The summed E-state index contributed by atoms with van der Waals surface area (Å²) in [6.07, 6.45) is 1.58. The second-order valence-corrected chi connectivity index (χ2v) is 8.49. The van der Waals surface area contributed by atoms with Crippen molar-refractivity contribution < 1.29 is 17.7 Å². The van der Waals surface area contributed by atoms with Crippen molar-refractivity contribution in [3.8, 4) is 5.75 Å². The number of aromatic hydroxyl groups is 1. The molecule has 0 radical (unpaired) electrons. The van der Waals surface area contributed by atoms with E-state index in [1.54, 1.807) is 31.4 Å². The van der Waals surface area contributed by atoms with Gasteiger partial charge in [-0.05, 0) is 36.2 Å². The van der Waals surface area contributed by atoms with Crippen molar-refractivity contribution in [1.29, 1.82) is 0 Å². The molecule has 0 aliphatic heterocycles. The molecule has 8 heteroatoms. The first-order chi connectivity index (χ1) is 10.7. The van der Waals surface area contributed by atoms with Crippen LogP contribution in [-0.4, -0.2) is 24.0 Å². The molecule has 1 unspecified atom stereocenters. The molecule has 0 amide bonds. The molecule has 2 aromatic carbocycles. The molecule has 1 atom stereocenters. The molecule has 0 bridgehead atoms. The van der Waals surface area contributed by atoms with Gasteiger partial charge in [0.15, 0.2) is 5.75 Å². The van der Waals surface area contributed by atoms with E-state index in [4.69, 9.17) is 11.6 Å². The van der Waals surface area contributed by atoms with Crippen molar-refractivity contribution in [2.24, 2.45) is 0 Å². The molecule has 0 saturated carbocycles. The molecule has 0 spiro atoms. The maximum atomic E-state index is 12.5. The predicted octanol–water partition coefficient (Wildman–Crippen LogP) is 3.03. The molecule has 2 rings (SSSR count). The zero-order chi connectivity index (χ0) is 17.2. The zero-order valence-electron chi connectivity index (χ0n) is 12.5. The number of sulfonamides is 1. The summed E-state index contributed by atoms with van der Waals surface area (Å²) in [5.41, 5.74) is 1.85. The van der Waals surface area contributed by atoms with Crippen molar-refractivity contribution in [3.05, 3.63) is 52.5 Å². The van der Waals surface area contributed by atoms with Crippen LogP contribution < -0.4 is 4.72 Å². The van der Waals surface area contributed by atoms with Crippen LogP contribution in [0.4, 0.5) is 5.69 Å². The molecule has 2 aromatic rings. The van der Waals surface area contributed by atoms with Crippen molar-refractivity contribution in [2.75, 3.05) is 11.0 Å². The Morgan fingerprint density at radius 3 is 2.52 bits per heavy atom. The van der Waals surface area contributed by atoms with Gasteiger partial charge in [0.1, 0.15) is 4.90 Å². The van der Waals surface area contributed by atoms with Crippen LogP contribution >= 0.6 is 11.6 Å². The normalized spacial score (nSPS) is 12.8. The van der Waals surface area contributed by atoms with Gasteiger partial charge in [0.05, 0.1) is 10.7 Å². The van der Waals surface area contributed by atoms with Crippen molar-refractivity contribution in [1.82, 2.24) is 0 Å². The Bertz CT molecular complexity index is 866. The lowest BCUT2D eigenvalue weighted by Crippen LogP contribution is -2.14. The van der Waals surface area contributed by atoms with Gasteiger partial charge < -0.3 is 5.11 Å². The van der Waals surface area contributed by atoms with E-state index >= 15 is 0 Å². The highest BCUT2D eigenvalue weighted by Gasteiger charge is 2.21. The van der Waals surface area contributed by atoms with E-state index < -0.39 is 26.6 Å². The SMILES string of the molecule is Cc1c(CS(C)=O)cccc1NS(=O)(=O)c1cccc(Cl)c1O. The largest absolute Gasteiger partial charge is 0.505 e. The summed E-state index contributed by atoms with van der Waals surface area (Å²) in [5, 5.41) is 9.82. The molecule has 124 valence electrons. The van der Waals surface area contributed by atoms with Gasteiger partial charge >= 0.3 is 0 Å². The fourth-order valence-electron chi connectivity index (χ4n) is 2.08. The summed E-state index contributed by atoms with van der Waals surface area (Å²) in [7, 11) is -5.03. The molecule has 0 heterocycles. The Balaban J connectivity index is 2.42. The fourth-order valence-corrected chi connectivity index (χ4v) is 4.31. The van der Waals surface area contributed by atoms with E-state index in [1.807, 2.05) is 0 Å². The third kappa shape index (κ3) is 4.04. The van der Waals surface area contributed by atoms with E-state index in [0.29, 0.717) is 17.0 Å². The van der Waals surface area contributed by atoms with E-state index in [-0.39, 0.29) is 9.92 Å². The van der Waals surface area contributed by atoms with Gasteiger partial charge in [-0.2, -0.15) is 0 Å². The molecule has 5 nitrogen and oxygen atoms in total. The third-order valence-corrected chi connectivity index (χ3v) is 5.71. The van der Waals surface area contributed by atoms with Crippen LogP contribution in [0, 0.1) is 6.92 Å². The lowest BCUT2D eigenvalue weighted by atomic mass is 10.1. The number of nitrogens with one attached hydrogen (secondary N) is 1. The number of rotatable bonds is 5. The van der Waals surface area contributed by atoms with Crippen molar-refractivity contribution in [3.63, 3.8) is 0 Å². The van der Waals surface area contributed by atoms with E-state index in [0.717, 1.165) is 5.56 Å². The molecule has 2 N–H and O–H groups in total. The number of hydrogen-bond acceptors (Lipinski definition) is 4. The monoisotopic (exact) mass is 373 g/mol. The van der Waals surface area contributed by atoms with E-state index in [1.165, 1.54) is 18.2 Å². The standard InChI is InChI=1S/C15H16ClNO4S2/c1-10-11(9-22(2)19)5-3-7-13(10)17-23(20,21)14-8-4-6-12(16)15(14)18/h3-8,17-18H,9H2,1-2H3. The van der Waals surface area contributed by atoms with Gasteiger partial charge in [-0.25, -0.2) is 8.42 Å². The fraction of sp³-hybridized carbons (Fsp3) is 0.200. The number of benzene rings is 2. The highest BCUT2D eigenvalue weighted by atomic mass is 35.5. The Morgan fingerprint density at radius 2 is 1.87 bits per heavy atom. The average molecular weight is 374 g/mol. The molecular weight excluding hydrogens is 358 g/mol. The summed E-state index contributed by atoms with van der Waals surface area (Å²) in [6, 6.07) is 9.20. The Kier molecular flexibility index (Phi) is 5.33. The number of phenolic OH excluding ortho intramolecular Hbond substituents is 1. The predicted molar refractivity (Wildman–Crippen MR) is 92.9 cm³/mol. The summed E-state index contributed by atoms with van der Waals surface area (Å²) in [4.78, 5) is -0.297. The highest BCUT2D eigenvalue weighted by molar-refractivity contribution is 7.92. The van der Waals surface area contributed by atoms with Crippen LogP contribution in [0.2, 0.25) is 5.02 Å². The number of para-hydroxylation sites is 1. The number of phenols is 1. The summed E-state index contributed by atoms with van der Waals surface area (Å²) < 4.78 is 38.8. The van der Waals surface area contributed by atoms with Gasteiger partial charge in [-0.15, -0.1) is 0 Å². The molecule has 0 saturated heterocycles. The van der Waals surface area contributed by atoms with E-state index in [2.05, 4.69) is 4.72 Å². The first kappa shape index (κ1) is 17.8. The van der Waals surface area contributed by atoms with Crippen LogP contribution in [0.1, 0.15) is 11.1 Å². The topological polar surface area (TPSA) is 83.5 Å². The maximum absolute atomic E-state index is 12.5. The van der Waals surface area contributed by atoms with Gasteiger partial charge in [0, 0.05) is 22.8 Å². The second-order valence-electron chi connectivity index (χ2n) is 5.00. The van der Waals surface area contributed by atoms with E-state index in [9.17, 15) is 17.7 Å². The van der Waals surface area contributed by atoms with Crippen molar-refractivity contribution in [2.45, 2.75) is 17.6 Å². The van der Waals surface area contributed by atoms with Crippen LogP contribution in [0.3, 0.4) is 0 Å². The number of hydrogen-bond donors (Lipinski definition) is 2. The molecular formula is C15H16ClNO4S2. The zero-order valence-corrected chi connectivity index (χ0v) is 14.9. The third-order valence-electron chi connectivity index (χ3n) is 3.29. The Morgan fingerprint density at radius 1 is 1.22 bits per heavy atom. The molecule has 0 aliphatic rings. The quantitative estimate of drug-likeness (QED) is 0.843. The summed E-state index contributed by atoms with van der Waals surface area (Å²) >= 11 is 5.76. The number of halogens is 1. The second kappa shape index (κ2) is 6.90. The Labute approximate surface area is 142 Å². The highest BCUT2D eigenvalue weighted by Crippen LogP contribution is 2.32. The van der Waals surface area contributed by atoms with Gasteiger partial charge in [-0.1, -0.05) is 29.8 Å². The van der Waals surface area contributed by atoms with Gasteiger partial charge in [0.2, 0.25) is 0 Å². The van der Waals surface area contributed by atoms with Crippen LogP contribution in [0.5, 0.6) is 5.75 Å². The lowest BCUT2D eigenvalue weighted by Gasteiger charge is -2.14. The average Bonchev–Trinajstić information content (AvgIpc) is 2.45. The Hall–Kier alpha value is -1.57. The molecule has 0 aliphatic carbocycles. The molecule has 23 heavy (non-hydrogen) atoms. The minimum Gasteiger partial charge on any atom is -0.505 e. The lowest BCUT2D eigenvalue weighted by molar-refractivity contribution is 0.459. The smallest absolute Gasteiger partial charge is 0.265 e. The minimum absolute atomic E-state index is 0.0419. The molecule has 0 aromatic heterocycles. The molecule has 0 fully saturated rings. The van der Waals surface area contributed by atoms with Gasteiger partial charge in [-0.3, -0.25) is 8.93 Å². The van der Waals surface area contributed by atoms with Crippen molar-refractivity contribution >= 4 is 38.1 Å². The number of anilines is 1. The van der Waals surface area contributed by atoms with Crippen LogP contribution in [0.15, 0.2) is 41.3 Å². The first-order valence-electron chi connectivity index (χ1n) is 6.61. The van der Waals surface area contributed by atoms with Crippen LogP contribution in [0.25, 0.3) is 0 Å². The first-order valence-corrected chi connectivity index (χ1v) is 10.2. The van der Waals surface area contributed by atoms with Crippen LogP contribution in [-0.2, 0) is 26.6 Å².